The van der Waals surface area contributed by atoms with E-state index in [0.29, 0.717) is 9.80 Å². The van der Waals surface area contributed by atoms with Gasteiger partial charge in [-0.15, -0.1) is 0 Å². The largest absolute Gasteiger partial charge is 0.450 e. The Labute approximate surface area is 173 Å². The van der Waals surface area contributed by atoms with Gasteiger partial charge in [-0.3, -0.25) is 20.4 Å². The first-order valence-electron chi connectivity index (χ1n) is 9.36. The fraction of sp³-hybridized carbons (Fsp3) is 0.750. The Morgan fingerprint density at radius 3 is 1.37 bits per heavy atom. The van der Waals surface area contributed by atoms with Crippen LogP contribution in [0.4, 0.5) is 19.2 Å². The maximum atomic E-state index is 12.4. The molecule has 4 N–H and O–H groups in total. The van der Waals surface area contributed by atoms with Crippen LogP contribution >= 0.6 is 0 Å². The third-order valence-electron chi connectivity index (χ3n) is 3.76. The first kappa shape index (κ1) is 25.0. The summed E-state index contributed by atoms with van der Waals surface area (Å²) in [4.78, 5) is 50.0. The van der Waals surface area contributed by atoms with Crippen LogP contribution < -0.4 is 10.6 Å². The summed E-state index contributed by atoms with van der Waals surface area (Å²) >= 11 is 0. The minimum Gasteiger partial charge on any atom is -0.450 e. The highest BCUT2D eigenvalue weighted by Crippen LogP contribution is 2.28. The number of hydrogen-bond acceptors (Lipinski definition) is 10. The van der Waals surface area contributed by atoms with E-state index in [0.717, 1.165) is 0 Å². The van der Waals surface area contributed by atoms with Crippen molar-refractivity contribution in [2.45, 2.75) is 52.5 Å². The van der Waals surface area contributed by atoms with Gasteiger partial charge in [0.25, 0.3) is 0 Å². The van der Waals surface area contributed by atoms with Crippen LogP contribution in [0.25, 0.3) is 0 Å². The molecule has 14 nitrogen and oxygen atoms in total. The molecular weight excluding hydrogens is 408 g/mol. The second-order valence-electron chi connectivity index (χ2n) is 5.66. The molecule has 30 heavy (non-hydrogen) atoms. The van der Waals surface area contributed by atoms with Gasteiger partial charge < -0.3 is 29.2 Å². The Morgan fingerprint density at radius 1 is 0.733 bits per heavy atom. The second-order valence-corrected chi connectivity index (χ2v) is 5.66. The molecule has 0 aromatic rings. The molecule has 0 aromatic heterocycles. The monoisotopic (exact) mass is 436 g/mol. The topological polar surface area (TPSA) is 176 Å². The van der Waals surface area contributed by atoms with Crippen LogP contribution in [-0.2, 0) is 18.9 Å². The summed E-state index contributed by atoms with van der Waals surface area (Å²) in [6.07, 6.45) is -11.4. The maximum absolute atomic E-state index is 12.4. The zero-order chi connectivity index (χ0) is 22.8. The van der Waals surface area contributed by atoms with E-state index in [2.05, 4.69) is 10.6 Å². The summed E-state index contributed by atoms with van der Waals surface area (Å²) in [5.74, 6) is 0. The lowest BCUT2D eigenvalue weighted by molar-refractivity contribution is -0.0598. The number of hydrogen-bond donors (Lipinski definition) is 4. The van der Waals surface area contributed by atoms with Crippen molar-refractivity contribution >= 4 is 24.4 Å². The summed E-state index contributed by atoms with van der Waals surface area (Å²) in [7, 11) is 0. The molecule has 2 atom stereocenters. The predicted molar refractivity (Wildman–Crippen MR) is 97.6 cm³/mol. The Morgan fingerprint density at radius 2 is 1.07 bits per heavy atom. The molecule has 2 unspecified atom stereocenters. The van der Waals surface area contributed by atoms with Crippen molar-refractivity contribution in [3.05, 3.63) is 0 Å². The molecule has 1 aliphatic rings. The highest BCUT2D eigenvalue weighted by atomic mass is 16.6. The predicted octanol–water partition coefficient (Wildman–Crippen LogP) is -0.302. The third kappa shape index (κ3) is 6.00. The van der Waals surface area contributed by atoms with Crippen molar-refractivity contribution in [1.29, 1.82) is 0 Å². The van der Waals surface area contributed by atoms with Crippen LogP contribution in [0, 0.1) is 0 Å². The standard InChI is InChI=1S/C16H28N4O10/c1-5-27-13(23)17-9(18-14(24)28-6-2)10-19(15(25)29-7-3)11(21)12(22)20(10)16(26)30-8-4/h9-12,21-22H,5-8H2,1-4H3,(H,17,23)(H,18,24). The van der Waals surface area contributed by atoms with E-state index in [1.165, 1.54) is 27.7 Å². The van der Waals surface area contributed by atoms with E-state index in [1.807, 2.05) is 0 Å². The normalized spacial score (nSPS) is 20.6. The molecule has 172 valence electrons. The summed E-state index contributed by atoms with van der Waals surface area (Å²) in [5.41, 5.74) is 0. The van der Waals surface area contributed by atoms with E-state index < -0.39 is 49.2 Å². The van der Waals surface area contributed by atoms with E-state index in [9.17, 15) is 29.4 Å². The van der Waals surface area contributed by atoms with Gasteiger partial charge in [0.05, 0.1) is 26.4 Å². The lowest BCUT2D eigenvalue weighted by atomic mass is 10.3. The first-order chi connectivity index (χ1) is 14.2. The van der Waals surface area contributed by atoms with Gasteiger partial charge in [-0.05, 0) is 27.7 Å². The highest BCUT2D eigenvalue weighted by Gasteiger charge is 2.55. The zero-order valence-corrected chi connectivity index (χ0v) is 17.2. The quantitative estimate of drug-likeness (QED) is 0.306. The van der Waals surface area contributed by atoms with E-state index in [4.69, 9.17) is 18.9 Å². The molecule has 0 saturated carbocycles. The molecule has 1 saturated heterocycles. The highest BCUT2D eigenvalue weighted by molar-refractivity contribution is 5.75. The molecule has 1 rings (SSSR count). The summed E-state index contributed by atoms with van der Waals surface area (Å²) in [5, 5.41) is 25.2. The number of nitrogens with zero attached hydrogens (tertiary/aromatic N) is 2. The lowest BCUT2D eigenvalue weighted by Crippen LogP contribution is -2.64. The third-order valence-corrected chi connectivity index (χ3v) is 3.76. The Bertz CT molecular complexity index is 569. The molecule has 0 aliphatic carbocycles. The molecule has 1 heterocycles. The minimum atomic E-state index is -1.95. The molecule has 0 aromatic carbocycles. The molecule has 0 radical (unpaired) electrons. The summed E-state index contributed by atoms with van der Waals surface area (Å²) in [6.45, 7) is 5.85. The number of aliphatic hydroxyl groups excluding tert-OH is 2. The summed E-state index contributed by atoms with van der Waals surface area (Å²) < 4.78 is 19.3. The number of rotatable bonds is 7. The number of alkyl carbamates (subject to hydrolysis) is 2. The molecule has 1 aliphatic heterocycles. The van der Waals surface area contributed by atoms with Crippen LogP contribution in [0.5, 0.6) is 0 Å². The smallest absolute Gasteiger partial charge is 0.413 e. The van der Waals surface area contributed by atoms with Crippen molar-refractivity contribution in [3.63, 3.8) is 0 Å². The first-order valence-corrected chi connectivity index (χ1v) is 9.36. The number of ether oxygens (including phenoxy) is 4. The molecule has 1 fully saturated rings. The van der Waals surface area contributed by atoms with Gasteiger partial charge in [0.2, 0.25) is 0 Å². The van der Waals surface area contributed by atoms with Crippen LogP contribution in [0.1, 0.15) is 27.7 Å². The molecular formula is C16H28N4O10. The van der Waals surface area contributed by atoms with Crippen LogP contribution in [0.15, 0.2) is 0 Å². The van der Waals surface area contributed by atoms with Gasteiger partial charge >= 0.3 is 24.4 Å². The van der Waals surface area contributed by atoms with E-state index >= 15 is 0 Å². The molecule has 0 bridgehead atoms. The Balaban J connectivity index is 3.40. The van der Waals surface area contributed by atoms with Crippen molar-refractivity contribution in [3.8, 4) is 0 Å². The fourth-order valence-electron chi connectivity index (χ4n) is 2.67. The number of carbonyl (C=O) groups is 4. The van der Waals surface area contributed by atoms with Gasteiger partial charge in [0, 0.05) is 0 Å². The number of amides is 4. The SMILES string of the molecule is CCOC(=O)NC(NC(=O)OCC)C1N(C(=O)OCC)C(O)C(O)N1C(=O)OCC. The average Bonchev–Trinajstić information content (AvgIpc) is 2.93. The van der Waals surface area contributed by atoms with Crippen molar-refractivity contribution < 1.29 is 48.3 Å². The van der Waals surface area contributed by atoms with Crippen molar-refractivity contribution in [1.82, 2.24) is 20.4 Å². The molecule has 0 spiro atoms. The Kier molecular flexibility index (Phi) is 9.91. The van der Waals surface area contributed by atoms with Gasteiger partial charge in [0.15, 0.2) is 18.6 Å². The lowest BCUT2D eigenvalue weighted by Gasteiger charge is -2.35. The van der Waals surface area contributed by atoms with Gasteiger partial charge in [0.1, 0.15) is 6.17 Å². The number of nitrogens with one attached hydrogen (secondary N) is 2. The van der Waals surface area contributed by atoms with Crippen molar-refractivity contribution in [2.24, 2.45) is 0 Å². The number of aliphatic hydroxyl groups is 2. The second kappa shape index (κ2) is 11.9. The van der Waals surface area contributed by atoms with E-state index in [1.54, 1.807) is 0 Å². The molecule has 14 heteroatoms. The van der Waals surface area contributed by atoms with Crippen molar-refractivity contribution in [2.75, 3.05) is 26.4 Å². The minimum absolute atomic E-state index is 0.0168. The van der Waals surface area contributed by atoms with Gasteiger partial charge in [-0.25, -0.2) is 19.2 Å². The van der Waals surface area contributed by atoms with Gasteiger partial charge in [-0.1, -0.05) is 0 Å². The zero-order valence-electron chi connectivity index (χ0n) is 17.2. The average molecular weight is 436 g/mol. The Hall–Kier alpha value is -3.00. The molecule has 4 amide bonds. The van der Waals surface area contributed by atoms with E-state index in [-0.39, 0.29) is 26.4 Å². The van der Waals surface area contributed by atoms with Crippen LogP contribution in [0.2, 0.25) is 0 Å². The maximum Gasteiger partial charge on any atom is 0.413 e. The number of carbonyl (C=O) groups excluding carboxylic acids is 4. The summed E-state index contributed by atoms with van der Waals surface area (Å²) in [6, 6.07) is 0. The van der Waals surface area contributed by atoms with Crippen LogP contribution in [0.3, 0.4) is 0 Å². The van der Waals surface area contributed by atoms with Crippen LogP contribution in [-0.4, -0.2) is 95.6 Å². The van der Waals surface area contributed by atoms with Gasteiger partial charge in [-0.2, -0.15) is 0 Å². The fourth-order valence-corrected chi connectivity index (χ4v) is 2.67.